The molecule has 0 aromatic heterocycles. The number of hydrogen-bond donors (Lipinski definition) is 1. The Balaban J connectivity index is 2.18. The van der Waals surface area contributed by atoms with Crippen LogP contribution in [0.2, 0.25) is 0 Å². The number of methoxy groups -OCH3 is 2. The molecule has 1 N–H and O–H groups in total. The summed E-state index contributed by atoms with van der Waals surface area (Å²) in [5.41, 5.74) is 1.54. The van der Waals surface area contributed by atoms with E-state index in [2.05, 4.69) is 0 Å². The standard InChI is InChI=1S/C24H24N2O5/c1-14(2)11-18(27)21-22(16-7-10-19(30-3)20(12-16)31-4)26(24(29)23(21)28)17-8-5-15(13-25)6-9-17/h5-10,12,14,22,28H,11H2,1-4H3. The molecule has 1 aliphatic rings. The van der Waals surface area contributed by atoms with E-state index in [4.69, 9.17) is 14.7 Å². The van der Waals surface area contributed by atoms with E-state index in [9.17, 15) is 14.7 Å². The zero-order chi connectivity index (χ0) is 22.7. The second-order valence-electron chi connectivity index (χ2n) is 7.63. The highest BCUT2D eigenvalue weighted by molar-refractivity contribution is 6.16. The van der Waals surface area contributed by atoms with E-state index in [0.29, 0.717) is 28.3 Å². The molecule has 31 heavy (non-hydrogen) atoms. The summed E-state index contributed by atoms with van der Waals surface area (Å²) in [6, 6.07) is 12.7. The van der Waals surface area contributed by atoms with Crippen molar-refractivity contribution in [3.8, 4) is 17.6 Å². The molecule has 0 radical (unpaired) electrons. The van der Waals surface area contributed by atoms with Crippen molar-refractivity contribution < 1.29 is 24.2 Å². The highest BCUT2D eigenvalue weighted by Gasteiger charge is 2.44. The highest BCUT2D eigenvalue weighted by atomic mass is 16.5. The summed E-state index contributed by atoms with van der Waals surface area (Å²) in [6.07, 6.45) is 0.192. The Morgan fingerprint density at radius 2 is 1.77 bits per heavy atom. The lowest BCUT2D eigenvalue weighted by molar-refractivity contribution is -0.118. The second kappa shape index (κ2) is 8.92. The van der Waals surface area contributed by atoms with E-state index >= 15 is 0 Å². The van der Waals surface area contributed by atoms with Gasteiger partial charge in [0.15, 0.2) is 23.0 Å². The Hall–Kier alpha value is -3.79. The summed E-state index contributed by atoms with van der Waals surface area (Å²) >= 11 is 0. The number of nitriles is 1. The third kappa shape index (κ3) is 4.10. The van der Waals surface area contributed by atoms with Gasteiger partial charge < -0.3 is 14.6 Å². The van der Waals surface area contributed by atoms with Crippen molar-refractivity contribution in [3.05, 3.63) is 64.9 Å². The van der Waals surface area contributed by atoms with E-state index in [-0.39, 0.29) is 23.7 Å². The molecule has 2 aromatic rings. The minimum Gasteiger partial charge on any atom is -0.503 e. The first-order valence-electron chi connectivity index (χ1n) is 9.84. The van der Waals surface area contributed by atoms with Crippen molar-refractivity contribution in [1.29, 1.82) is 5.26 Å². The van der Waals surface area contributed by atoms with E-state index < -0.39 is 17.7 Å². The number of aliphatic hydroxyl groups excluding tert-OH is 1. The molecule has 1 atom stereocenters. The van der Waals surface area contributed by atoms with Gasteiger partial charge in [-0.05, 0) is 47.9 Å². The van der Waals surface area contributed by atoms with Crippen LogP contribution in [0.1, 0.15) is 37.4 Å². The molecule has 0 aliphatic carbocycles. The molecule has 1 aliphatic heterocycles. The van der Waals surface area contributed by atoms with Gasteiger partial charge in [0.25, 0.3) is 5.91 Å². The number of aliphatic hydroxyl groups is 1. The monoisotopic (exact) mass is 420 g/mol. The molecule has 7 nitrogen and oxygen atoms in total. The van der Waals surface area contributed by atoms with Crippen LogP contribution in [0, 0.1) is 17.2 Å². The second-order valence-corrected chi connectivity index (χ2v) is 7.63. The fraction of sp³-hybridized carbons (Fsp3) is 0.292. The number of carbonyl (C=O) groups excluding carboxylic acids is 2. The number of amides is 1. The van der Waals surface area contributed by atoms with Gasteiger partial charge in [-0.1, -0.05) is 19.9 Å². The fourth-order valence-electron chi connectivity index (χ4n) is 3.67. The normalized spacial score (nSPS) is 15.9. The number of Topliss-reactive ketones (excluding diaryl/α,β-unsaturated/α-hetero) is 1. The third-order valence-corrected chi connectivity index (χ3v) is 5.10. The lowest BCUT2D eigenvalue weighted by atomic mass is 9.91. The van der Waals surface area contributed by atoms with Crippen molar-refractivity contribution in [2.24, 2.45) is 5.92 Å². The summed E-state index contributed by atoms with van der Waals surface area (Å²) in [5.74, 6) is -0.529. The van der Waals surface area contributed by atoms with E-state index in [0.717, 1.165) is 0 Å². The van der Waals surface area contributed by atoms with Gasteiger partial charge in [0, 0.05) is 12.1 Å². The first kappa shape index (κ1) is 21.9. The molecule has 7 heteroatoms. The first-order valence-corrected chi connectivity index (χ1v) is 9.84. The molecule has 1 heterocycles. The average Bonchev–Trinajstić information content (AvgIpc) is 3.03. The molecule has 0 saturated carbocycles. The molecular formula is C24H24N2O5. The lowest BCUT2D eigenvalue weighted by Crippen LogP contribution is -2.31. The summed E-state index contributed by atoms with van der Waals surface area (Å²) in [4.78, 5) is 27.5. The maximum atomic E-state index is 13.1. The van der Waals surface area contributed by atoms with Crippen LogP contribution in [0.4, 0.5) is 5.69 Å². The SMILES string of the molecule is COc1ccc(C2C(C(=O)CC(C)C)=C(O)C(=O)N2c2ccc(C#N)cc2)cc1OC. The van der Waals surface area contributed by atoms with Crippen molar-refractivity contribution in [2.75, 3.05) is 19.1 Å². The number of ketones is 1. The van der Waals surface area contributed by atoms with Crippen molar-refractivity contribution in [2.45, 2.75) is 26.3 Å². The molecule has 1 unspecified atom stereocenters. The van der Waals surface area contributed by atoms with Gasteiger partial charge in [-0.15, -0.1) is 0 Å². The highest BCUT2D eigenvalue weighted by Crippen LogP contribution is 2.43. The van der Waals surface area contributed by atoms with Crippen molar-refractivity contribution in [1.82, 2.24) is 0 Å². The van der Waals surface area contributed by atoms with Crippen LogP contribution in [-0.2, 0) is 9.59 Å². The van der Waals surface area contributed by atoms with E-state index in [1.807, 2.05) is 19.9 Å². The number of rotatable bonds is 7. The first-order chi connectivity index (χ1) is 14.8. The van der Waals surface area contributed by atoms with Crippen LogP contribution in [0.25, 0.3) is 0 Å². The van der Waals surface area contributed by atoms with Gasteiger partial charge in [-0.25, -0.2) is 0 Å². The topological polar surface area (TPSA) is 99.9 Å². The van der Waals surface area contributed by atoms with Crippen LogP contribution in [0.5, 0.6) is 11.5 Å². The fourth-order valence-corrected chi connectivity index (χ4v) is 3.67. The number of hydrogen-bond acceptors (Lipinski definition) is 6. The molecule has 0 bridgehead atoms. The average molecular weight is 420 g/mol. The Labute approximate surface area is 181 Å². The van der Waals surface area contributed by atoms with Crippen LogP contribution in [-0.4, -0.2) is 31.0 Å². The molecule has 0 saturated heterocycles. The number of benzene rings is 2. The van der Waals surface area contributed by atoms with Crippen LogP contribution in [0.3, 0.4) is 0 Å². The number of ether oxygens (including phenoxy) is 2. The zero-order valence-corrected chi connectivity index (χ0v) is 17.9. The number of anilines is 1. The Morgan fingerprint density at radius 1 is 1.13 bits per heavy atom. The van der Waals surface area contributed by atoms with Gasteiger partial charge in [-0.2, -0.15) is 5.26 Å². The molecular weight excluding hydrogens is 396 g/mol. The van der Waals surface area contributed by atoms with Crippen LogP contribution >= 0.6 is 0 Å². The van der Waals surface area contributed by atoms with E-state index in [1.54, 1.807) is 42.5 Å². The van der Waals surface area contributed by atoms with Gasteiger partial charge in [-0.3, -0.25) is 14.5 Å². The van der Waals surface area contributed by atoms with Crippen LogP contribution < -0.4 is 14.4 Å². The van der Waals surface area contributed by atoms with Crippen molar-refractivity contribution in [3.63, 3.8) is 0 Å². The summed E-state index contributed by atoms with van der Waals surface area (Å²) in [7, 11) is 3.01. The Bertz CT molecular complexity index is 1080. The number of nitrogens with zero attached hydrogens (tertiary/aromatic N) is 2. The predicted octanol–water partition coefficient (Wildman–Crippen LogP) is 4.09. The third-order valence-electron chi connectivity index (χ3n) is 5.10. The summed E-state index contributed by atoms with van der Waals surface area (Å²) in [6.45, 7) is 3.80. The molecule has 0 spiro atoms. The maximum Gasteiger partial charge on any atom is 0.294 e. The molecule has 1 amide bonds. The largest absolute Gasteiger partial charge is 0.503 e. The molecule has 2 aromatic carbocycles. The zero-order valence-electron chi connectivity index (χ0n) is 17.9. The van der Waals surface area contributed by atoms with E-state index in [1.165, 1.54) is 19.1 Å². The van der Waals surface area contributed by atoms with Crippen LogP contribution in [0.15, 0.2) is 53.8 Å². The molecule has 3 rings (SSSR count). The van der Waals surface area contributed by atoms with Gasteiger partial charge in [0.2, 0.25) is 0 Å². The predicted molar refractivity (Wildman–Crippen MR) is 115 cm³/mol. The van der Waals surface area contributed by atoms with Crippen molar-refractivity contribution >= 4 is 17.4 Å². The van der Waals surface area contributed by atoms with Gasteiger partial charge in [0.1, 0.15) is 0 Å². The molecule has 0 fully saturated rings. The Morgan fingerprint density at radius 3 is 2.32 bits per heavy atom. The van der Waals surface area contributed by atoms with Gasteiger partial charge in [0.05, 0.1) is 37.5 Å². The lowest BCUT2D eigenvalue weighted by Gasteiger charge is -2.27. The molecule has 160 valence electrons. The minimum absolute atomic E-state index is 0.0512. The minimum atomic E-state index is -0.841. The van der Waals surface area contributed by atoms with Gasteiger partial charge >= 0.3 is 0 Å². The summed E-state index contributed by atoms with van der Waals surface area (Å²) in [5, 5.41) is 19.8. The summed E-state index contributed by atoms with van der Waals surface area (Å²) < 4.78 is 10.7. The quantitative estimate of drug-likeness (QED) is 0.724. The number of carbonyl (C=O) groups is 2. The maximum absolute atomic E-state index is 13.1. The Kier molecular flexibility index (Phi) is 6.30. The smallest absolute Gasteiger partial charge is 0.294 e.